The van der Waals surface area contributed by atoms with Gasteiger partial charge in [0.2, 0.25) is 0 Å². The average Bonchev–Trinajstić information content (AvgIpc) is 3.65. The van der Waals surface area contributed by atoms with E-state index >= 15 is 0 Å². The number of nitrogens with zero attached hydrogens (tertiary/aromatic N) is 2. The minimum atomic E-state index is 0.841. The van der Waals surface area contributed by atoms with Crippen LogP contribution in [0.5, 0.6) is 0 Å². The van der Waals surface area contributed by atoms with Gasteiger partial charge in [-0.2, -0.15) is 0 Å². The van der Waals surface area contributed by atoms with Crippen molar-refractivity contribution in [3.8, 4) is 27.9 Å². The molecule has 12 rings (SSSR count). The van der Waals surface area contributed by atoms with Crippen molar-refractivity contribution in [3.05, 3.63) is 194 Å². The molecule has 0 spiro atoms. The van der Waals surface area contributed by atoms with Gasteiger partial charge < -0.3 is 0 Å². The van der Waals surface area contributed by atoms with Crippen LogP contribution in [-0.4, -0.2) is 9.55 Å². The predicted octanol–water partition coefficient (Wildman–Crippen LogP) is 15.0. The van der Waals surface area contributed by atoms with Gasteiger partial charge in [-0.25, -0.2) is 4.98 Å². The molecule has 0 amide bonds. The van der Waals surface area contributed by atoms with Crippen LogP contribution in [0.2, 0.25) is 0 Å². The minimum Gasteiger partial charge on any atom is -0.295 e. The van der Waals surface area contributed by atoms with Crippen molar-refractivity contribution in [1.29, 1.82) is 0 Å². The van der Waals surface area contributed by atoms with Gasteiger partial charge in [-0.15, -0.1) is 0 Å². The second kappa shape index (κ2) is 12.4. The molecule has 0 saturated heterocycles. The molecule has 57 heavy (non-hydrogen) atoms. The number of rotatable bonds is 4. The first-order valence-electron chi connectivity index (χ1n) is 19.9. The standard InChI is InChI=1S/C55H36N2/c1-2-51-56-49-23-9-10-24-50(49)57(51)55-46-19-7-5-17-44(46)52(45-18-6-8-20-47(45)55)37-27-25-34(26-28-37)38-31-32-41-43-22-12-14-36-30-29-35-13-11-21-42(53(35)54(36)43)39-15-3-4-16-40(39)48(41)33-38/h3-33H,2H2,1H3. The highest BCUT2D eigenvalue weighted by molar-refractivity contribution is 6.33. The maximum atomic E-state index is 5.08. The minimum absolute atomic E-state index is 0.841. The van der Waals surface area contributed by atoms with Gasteiger partial charge in [0, 0.05) is 17.2 Å². The van der Waals surface area contributed by atoms with Crippen molar-refractivity contribution in [3.63, 3.8) is 0 Å². The van der Waals surface area contributed by atoms with Gasteiger partial charge in [-0.3, -0.25) is 4.57 Å². The van der Waals surface area contributed by atoms with Crippen molar-refractivity contribution in [2.45, 2.75) is 13.3 Å². The second-order valence-electron chi connectivity index (χ2n) is 15.3. The summed E-state index contributed by atoms with van der Waals surface area (Å²) in [5.74, 6) is 1.07. The molecule has 0 radical (unpaired) electrons. The second-order valence-corrected chi connectivity index (χ2v) is 15.3. The molecule has 12 aromatic rings. The first-order valence-corrected chi connectivity index (χ1v) is 19.9. The number of imidazole rings is 1. The molecule has 266 valence electrons. The van der Waals surface area contributed by atoms with Gasteiger partial charge in [0.15, 0.2) is 0 Å². The lowest BCUT2D eigenvalue weighted by molar-refractivity contribution is 0.917. The zero-order valence-corrected chi connectivity index (χ0v) is 31.5. The zero-order chi connectivity index (χ0) is 37.6. The Kier molecular flexibility index (Phi) is 6.94. The molecule has 0 atom stereocenters. The van der Waals surface area contributed by atoms with E-state index in [1.807, 2.05) is 0 Å². The summed E-state index contributed by atoms with van der Waals surface area (Å²) in [6.07, 6.45) is 0.841. The van der Waals surface area contributed by atoms with Crippen LogP contribution >= 0.6 is 0 Å². The van der Waals surface area contributed by atoms with E-state index in [9.17, 15) is 0 Å². The van der Waals surface area contributed by atoms with Gasteiger partial charge in [0.25, 0.3) is 0 Å². The summed E-state index contributed by atoms with van der Waals surface area (Å²) in [7, 11) is 0. The van der Waals surface area contributed by atoms with Crippen LogP contribution in [0.3, 0.4) is 0 Å². The molecule has 2 heteroatoms. The van der Waals surface area contributed by atoms with E-state index in [-0.39, 0.29) is 0 Å². The van der Waals surface area contributed by atoms with Gasteiger partial charge in [0.05, 0.1) is 16.7 Å². The Balaban J connectivity index is 1.07. The Morgan fingerprint density at radius 2 is 0.877 bits per heavy atom. The van der Waals surface area contributed by atoms with E-state index in [0.717, 1.165) is 23.3 Å². The fourth-order valence-electron chi connectivity index (χ4n) is 9.79. The molecule has 0 aliphatic heterocycles. The van der Waals surface area contributed by atoms with Crippen molar-refractivity contribution >= 4 is 86.4 Å². The molecular formula is C55H36N2. The number of aromatic nitrogens is 2. The highest BCUT2D eigenvalue weighted by Gasteiger charge is 2.20. The van der Waals surface area contributed by atoms with Crippen LogP contribution in [0.15, 0.2) is 188 Å². The summed E-state index contributed by atoms with van der Waals surface area (Å²) in [5, 5.41) is 17.8. The average molecular weight is 725 g/mol. The normalized spacial score (nSPS) is 12.0. The first-order chi connectivity index (χ1) is 28.2. The quantitative estimate of drug-likeness (QED) is 0.131. The van der Waals surface area contributed by atoms with Crippen LogP contribution in [0.4, 0.5) is 0 Å². The Morgan fingerprint density at radius 3 is 1.51 bits per heavy atom. The van der Waals surface area contributed by atoms with Crippen LogP contribution in [0.1, 0.15) is 12.7 Å². The van der Waals surface area contributed by atoms with E-state index in [1.54, 1.807) is 0 Å². The summed E-state index contributed by atoms with van der Waals surface area (Å²) in [5.41, 5.74) is 8.23. The van der Waals surface area contributed by atoms with Crippen LogP contribution in [-0.2, 0) is 6.42 Å². The van der Waals surface area contributed by atoms with Crippen LogP contribution in [0, 0.1) is 0 Å². The summed E-state index contributed by atoms with van der Waals surface area (Å²) in [6.45, 7) is 2.20. The van der Waals surface area contributed by atoms with Gasteiger partial charge in [-0.1, -0.05) is 177 Å². The third-order valence-electron chi connectivity index (χ3n) is 12.3. The van der Waals surface area contributed by atoms with E-state index in [2.05, 4.69) is 200 Å². The molecule has 0 fully saturated rings. The molecule has 1 heterocycles. The lowest BCUT2D eigenvalue weighted by atomic mass is 9.88. The molecule has 0 bridgehead atoms. The summed E-state index contributed by atoms with van der Waals surface area (Å²) >= 11 is 0. The third-order valence-corrected chi connectivity index (χ3v) is 12.3. The zero-order valence-electron chi connectivity index (χ0n) is 31.5. The predicted molar refractivity (Wildman–Crippen MR) is 244 cm³/mol. The fourth-order valence-corrected chi connectivity index (χ4v) is 9.79. The smallest absolute Gasteiger partial charge is 0.114 e. The van der Waals surface area contributed by atoms with Gasteiger partial charge in [-0.05, 0) is 105 Å². The lowest BCUT2D eigenvalue weighted by Gasteiger charge is -2.20. The number of para-hydroxylation sites is 2. The molecule has 11 aromatic carbocycles. The number of hydrogen-bond acceptors (Lipinski definition) is 1. The van der Waals surface area contributed by atoms with Crippen LogP contribution < -0.4 is 0 Å². The highest BCUT2D eigenvalue weighted by Crippen LogP contribution is 2.44. The van der Waals surface area contributed by atoms with Crippen molar-refractivity contribution < 1.29 is 0 Å². The van der Waals surface area contributed by atoms with E-state index < -0.39 is 0 Å². The van der Waals surface area contributed by atoms with E-state index in [1.165, 1.54) is 103 Å². The summed E-state index contributed by atoms with van der Waals surface area (Å²) in [4.78, 5) is 5.08. The van der Waals surface area contributed by atoms with Gasteiger partial charge >= 0.3 is 0 Å². The number of fused-ring (bicyclic) bond motifs is 8. The Bertz CT molecular complexity index is 3550. The van der Waals surface area contributed by atoms with E-state index in [0.29, 0.717) is 0 Å². The SMILES string of the molecule is CCc1nc2ccccc2n1-c1c2ccccc2c(-c2ccc(-c3ccc4c(c3)c3ccccc3c3cccc5ccc6cccc4c6c53)cc2)c2ccccc12. The molecule has 1 aromatic heterocycles. The molecule has 0 saturated carbocycles. The summed E-state index contributed by atoms with van der Waals surface area (Å²) < 4.78 is 2.39. The van der Waals surface area contributed by atoms with Crippen molar-refractivity contribution in [2.24, 2.45) is 0 Å². The Labute approximate surface area is 329 Å². The largest absolute Gasteiger partial charge is 0.295 e. The number of aryl methyl sites for hydroxylation is 1. The number of benzene rings is 10. The number of hydrogen-bond donors (Lipinski definition) is 0. The highest BCUT2D eigenvalue weighted by atomic mass is 15.1. The summed E-state index contributed by atoms with van der Waals surface area (Å²) in [6, 6.07) is 69.6. The third kappa shape index (κ3) is 4.68. The lowest BCUT2D eigenvalue weighted by Crippen LogP contribution is -2.03. The molecular weight excluding hydrogens is 689 g/mol. The van der Waals surface area contributed by atoms with E-state index in [4.69, 9.17) is 4.98 Å². The molecule has 2 nitrogen and oxygen atoms in total. The molecule has 0 unspecified atom stereocenters. The Morgan fingerprint density at radius 1 is 0.386 bits per heavy atom. The van der Waals surface area contributed by atoms with Gasteiger partial charge in [0.1, 0.15) is 5.82 Å². The topological polar surface area (TPSA) is 17.8 Å². The maximum absolute atomic E-state index is 5.08. The van der Waals surface area contributed by atoms with Crippen molar-refractivity contribution in [1.82, 2.24) is 9.55 Å². The molecule has 0 aliphatic carbocycles. The van der Waals surface area contributed by atoms with Crippen LogP contribution in [0.25, 0.3) is 114 Å². The first kappa shape index (κ1) is 32.0. The monoisotopic (exact) mass is 724 g/mol. The fraction of sp³-hybridized carbons (Fsp3) is 0.0364. The van der Waals surface area contributed by atoms with Crippen molar-refractivity contribution in [2.75, 3.05) is 0 Å². The molecule has 0 aliphatic rings. The maximum Gasteiger partial charge on any atom is 0.114 e. The molecule has 0 N–H and O–H groups in total. The Hall–Kier alpha value is -7.29.